The molecule has 0 spiro atoms. The van der Waals surface area contributed by atoms with Crippen LogP contribution in [0, 0.1) is 0 Å². The van der Waals surface area contributed by atoms with Crippen molar-refractivity contribution in [2.45, 2.75) is 103 Å². The van der Waals surface area contributed by atoms with Crippen LogP contribution in [0.4, 0.5) is 11.4 Å². The minimum absolute atomic E-state index is 1.05. The van der Waals surface area contributed by atoms with E-state index in [1.807, 2.05) is 55.4 Å². The molecule has 0 unspecified atom stereocenters. The Balaban J connectivity index is 0.000000929. The quantitative estimate of drug-likeness (QED) is 0.164. The van der Waals surface area contributed by atoms with Crippen LogP contribution in [0.15, 0.2) is 133 Å². The van der Waals surface area contributed by atoms with Gasteiger partial charge in [-0.3, -0.25) is 0 Å². The number of para-hydroxylation sites is 3. The van der Waals surface area contributed by atoms with Gasteiger partial charge in [-0.05, 0) is 70.4 Å². The maximum Gasteiger partial charge on any atom is 0.0571 e. The van der Waals surface area contributed by atoms with Crippen LogP contribution in [0.3, 0.4) is 0 Å². The van der Waals surface area contributed by atoms with E-state index in [1.165, 1.54) is 56.4 Å². The SMILES string of the molecule is C=c1/c(=C(\C)c2ccccc2N(C)c2ccc3ccc4ccccc4c3c2)n(-c2ccccc2)c2ccccc12.CC.CC.CC.CC.CCC.CCC. The first-order chi connectivity index (χ1) is 26.4. The molecule has 0 radical (unpaired) electrons. The average Bonchev–Trinajstić information content (AvgIpc) is 3.55. The molecular formula is C52H70N2. The zero-order chi connectivity index (χ0) is 40.6. The Morgan fingerprint density at radius 2 is 1.00 bits per heavy atom. The summed E-state index contributed by atoms with van der Waals surface area (Å²) in [7, 11) is 2.16. The van der Waals surface area contributed by atoms with Crippen LogP contribution in [0.5, 0.6) is 0 Å². The Morgan fingerprint density at radius 1 is 0.537 bits per heavy atom. The van der Waals surface area contributed by atoms with Crippen LogP contribution in [0.2, 0.25) is 0 Å². The van der Waals surface area contributed by atoms with E-state index >= 15 is 0 Å². The van der Waals surface area contributed by atoms with Gasteiger partial charge in [-0.2, -0.15) is 0 Å². The minimum Gasteiger partial charge on any atom is -0.344 e. The molecule has 0 amide bonds. The lowest BCUT2D eigenvalue weighted by atomic mass is 10.00. The number of anilines is 2. The molecule has 0 aliphatic rings. The third-order valence-electron chi connectivity index (χ3n) is 8.14. The van der Waals surface area contributed by atoms with Crippen molar-refractivity contribution in [3.05, 3.63) is 150 Å². The van der Waals surface area contributed by atoms with Crippen molar-refractivity contribution in [1.29, 1.82) is 0 Å². The van der Waals surface area contributed by atoms with Crippen molar-refractivity contribution in [3.8, 4) is 5.69 Å². The summed E-state index contributed by atoms with van der Waals surface area (Å²) in [5, 5.41) is 8.42. The Kier molecular flexibility index (Phi) is 22.4. The zero-order valence-corrected chi connectivity index (χ0v) is 36.2. The summed E-state index contributed by atoms with van der Waals surface area (Å²) >= 11 is 0. The maximum absolute atomic E-state index is 4.58. The largest absolute Gasteiger partial charge is 0.344 e. The first-order valence-electron chi connectivity index (χ1n) is 20.5. The minimum atomic E-state index is 1.05. The topological polar surface area (TPSA) is 8.17 Å². The van der Waals surface area contributed by atoms with E-state index in [9.17, 15) is 0 Å². The fourth-order valence-electron chi connectivity index (χ4n) is 6.09. The Morgan fingerprint density at radius 3 is 1.61 bits per heavy atom. The predicted octanol–water partition coefficient (Wildman–Crippen LogP) is 15.3. The molecule has 0 aliphatic carbocycles. The summed E-state index contributed by atoms with van der Waals surface area (Å²) in [4.78, 5) is 2.30. The van der Waals surface area contributed by atoms with E-state index in [1.54, 1.807) is 0 Å². The second-order valence-electron chi connectivity index (χ2n) is 11.8. The van der Waals surface area contributed by atoms with E-state index in [2.05, 4.69) is 191 Å². The molecule has 0 fully saturated rings. The molecular weight excluding hydrogens is 653 g/mol. The second kappa shape index (κ2) is 25.8. The molecule has 1 aromatic heterocycles. The van der Waals surface area contributed by atoms with Crippen LogP contribution >= 0.6 is 0 Å². The fraction of sp³-hybridized carbons (Fsp3) is 0.308. The number of hydrogen-bond acceptors (Lipinski definition) is 1. The van der Waals surface area contributed by atoms with Gasteiger partial charge in [0, 0.05) is 40.3 Å². The highest BCUT2D eigenvalue weighted by atomic mass is 15.1. The van der Waals surface area contributed by atoms with Gasteiger partial charge in [0.25, 0.3) is 0 Å². The van der Waals surface area contributed by atoms with Crippen LogP contribution in [-0.2, 0) is 0 Å². The highest BCUT2D eigenvalue weighted by Crippen LogP contribution is 2.34. The molecule has 0 bridgehead atoms. The molecule has 0 saturated carbocycles. The lowest BCUT2D eigenvalue weighted by Crippen LogP contribution is -2.30. The van der Waals surface area contributed by atoms with Crippen molar-refractivity contribution in [2.75, 3.05) is 11.9 Å². The third-order valence-corrected chi connectivity index (χ3v) is 8.14. The first kappa shape index (κ1) is 46.9. The van der Waals surface area contributed by atoms with Gasteiger partial charge in [-0.15, -0.1) is 0 Å². The van der Waals surface area contributed by atoms with Crippen LogP contribution in [0.1, 0.15) is 108 Å². The lowest BCUT2D eigenvalue weighted by Gasteiger charge is -2.24. The monoisotopic (exact) mass is 723 g/mol. The van der Waals surface area contributed by atoms with E-state index in [0.29, 0.717) is 0 Å². The van der Waals surface area contributed by atoms with Crippen molar-refractivity contribution in [3.63, 3.8) is 0 Å². The van der Waals surface area contributed by atoms with Crippen molar-refractivity contribution in [2.24, 2.45) is 0 Å². The van der Waals surface area contributed by atoms with Gasteiger partial charge in [0.1, 0.15) is 0 Å². The molecule has 1 heterocycles. The van der Waals surface area contributed by atoms with Crippen LogP contribution in [-0.4, -0.2) is 11.6 Å². The summed E-state index contributed by atoms with van der Waals surface area (Å²) in [6.07, 6.45) is 2.50. The first-order valence-corrected chi connectivity index (χ1v) is 20.5. The molecule has 7 aromatic rings. The number of nitrogens with zero attached hydrogens (tertiary/aromatic N) is 2. The smallest absolute Gasteiger partial charge is 0.0571 e. The Labute approximate surface area is 329 Å². The molecule has 54 heavy (non-hydrogen) atoms. The summed E-state index contributed by atoms with van der Waals surface area (Å²) in [5.41, 5.74) is 6.99. The molecule has 2 nitrogen and oxygen atoms in total. The van der Waals surface area contributed by atoms with Crippen LogP contribution < -0.4 is 15.5 Å². The van der Waals surface area contributed by atoms with E-state index in [-0.39, 0.29) is 0 Å². The zero-order valence-electron chi connectivity index (χ0n) is 36.2. The molecule has 0 saturated heterocycles. The van der Waals surface area contributed by atoms with Crippen LogP contribution in [0.25, 0.3) is 50.3 Å². The number of benzene rings is 6. The molecule has 0 aliphatic heterocycles. The van der Waals surface area contributed by atoms with Gasteiger partial charge < -0.3 is 9.47 Å². The predicted molar refractivity (Wildman–Crippen MR) is 250 cm³/mol. The molecule has 288 valence electrons. The van der Waals surface area contributed by atoms with Gasteiger partial charge in [0.15, 0.2) is 0 Å². The average molecular weight is 723 g/mol. The molecule has 0 N–H and O–H groups in total. The van der Waals surface area contributed by atoms with E-state index < -0.39 is 0 Å². The summed E-state index contributed by atoms with van der Waals surface area (Å²) in [6.45, 7) is 31.3. The molecule has 6 aromatic carbocycles. The van der Waals surface area contributed by atoms with E-state index in [4.69, 9.17) is 0 Å². The van der Waals surface area contributed by atoms with Gasteiger partial charge >= 0.3 is 0 Å². The van der Waals surface area contributed by atoms with Crippen molar-refractivity contribution in [1.82, 2.24) is 4.57 Å². The maximum atomic E-state index is 4.58. The number of hydrogen-bond donors (Lipinski definition) is 0. The fourth-order valence-corrected chi connectivity index (χ4v) is 6.09. The highest BCUT2D eigenvalue weighted by Gasteiger charge is 2.16. The van der Waals surface area contributed by atoms with Gasteiger partial charge in [0.2, 0.25) is 0 Å². The summed E-state index contributed by atoms with van der Waals surface area (Å²) in [5.74, 6) is 0. The normalized spacial score (nSPS) is 10.2. The lowest BCUT2D eigenvalue weighted by molar-refractivity contribution is 1.06. The van der Waals surface area contributed by atoms with Gasteiger partial charge in [-0.1, -0.05) is 200 Å². The van der Waals surface area contributed by atoms with Gasteiger partial charge in [0.05, 0.1) is 10.9 Å². The number of fused-ring (bicyclic) bond motifs is 4. The standard InChI is InChI=1S/C38H30N2.2C3H8.4C2H6/c1-26(38-27(2)33-17-10-12-20-37(33)40(38)30-14-5-4-6-15-30)32-16-9-11-19-36(32)39(3)31-24-23-29-22-21-28-13-7-8-18-34(28)35(29)25-31;2*1-3-2;4*1-2/h4-25H,2H2,1,3H3;2*3H2,1-2H3;4*1-2H3/b38-26-;;;;;;. The molecule has 0 atom stereocenters. The number of aromatic nitrogens is 1. The summed E-state index contributed by atoms with van der Waals surface area (Å²) < 4.78 is 2.35. The Bertz CT molecular complexity index is 2190. The third kappa shape index (κ3) is 11.2. The Hall–Kier alpha value is -5.08. The van der Waals surface area contributed by atoms with Gasteiger partial charge in [-0.25, -0.2) is 0 Å². The highest BCUT2D eigenvalue weighted by molar-refractivity contribution is 6.08. The van der Waals surface area contributed by atoms with Crippen molar-refractivity contribution >= 4 is 56.0 Å². The molecule has 7 rings (SSSR count). The van der Waals surface area contributed by atoms with E-state index in [0.717, 1.165) is 27.6 Å². The number of rotatable bonds is 4. The summed E-state index contributed by atoms with van der Waals surface area (Å²) in [6, 6.07) is 47.6. The van der Waals surface area contributed by atoms with Crippen molar-refractivity contribution < 1.29 is 0 Å². The second-order valence-corrected chi connectivity index (χ2v) is 11.8. The molecule has 2 heteroatoms.